The number of para-hydroxylation sites is 1. The summed E-state index contributed by atoms with van der Waals surface area (Å²) in [5.74, 6) is 0.448. The molecule has 0 aliphatic rings. The van der Waals surface area contributed by atoms with Crippen molar-refractivity contribution in [2.75, 3.05) is 6.54 Å². The summed E-state index contributed by atoms with van der Waals surface area (Å²) in [6.07, 6.45) is 0.686. The molecule has 0 saturated heterocycles. The molecule has 190 valence electrons. The predicted octanol–water partition coefficient (Wildman–Crippen LogP) is 6.45. The number of hydrogen-bond donors (Lipinski definition) is 0. The Morgan fingerprint density at radius 3 is 2.26 bits per heavy atom. The van der Waals surface area contributed by atoms with Crippen LogP contribution in [0.3, 0.4) is 0 Å². The smallest absolute Gasteiger partial charge is 0.266 e. The Morgan fingerprint density at radius 1 is 0.868 bits per heavy atom. The molecule has 5 nitrogen and oxygen atoms in total. The van der Waals surface area contributed by atoms with Crippen molar-refractivity contribution in [2.24, 2.45) is 0 Å². The molecule has 0 spiro atoms. The van der Waals surface area contributed by atoms with E-state index in [0.717, 1.165) is 22.4 Å². The van der Waals surface area contributed by atoms with Crippen LogP contribution >= 0.6 is 0 Å². The number of carbonyl (C=O) groups excluding carboxylic acids is 1. The van der Waals surface area contributed by atoms with Crippen molar-refractivity contribution < 1.29 is 4.79 Å². The van der Waals surface area contributed by atoms with Gasteiger partial charge in [-0.15, -0.1) is 0 Å². The molecule has 1 unspecified atom stereocenters. The molecular formula is C33H31N3O2. The number of rotatable bonds is 7. The molecule has 0 aliphatic carbocycles. The Kier molecular flexibility index (Phi) is 7.18. The molecule has 4 aromatic carbocycles. The molecule has 0 fully saturated rings. The molecule has 1 aromatic heterocycles. The highest BCUT2D eigenvalue weighted by molar-refractivity contribution is 5.94. The van der Waals surface area contributed by atoms with Gasteiger partial charge in [-0.2, -0.15) is 0 Å². The number of aryl methyl sites for hydroxylation is 2. The zero-order valence-electron chi connectivity index (χ0n) is 22.0. The summed E-state index contributed by atoms with van der Waals surface area (Å²) in [6.45, 7) is 6.45. The second kappa shape index (κ2) is 10.9. The number of hydrogen-bond acceptors (Lipinski definition) is 3. The summed E-state index contributed by atoms with van der Waals surface area (Å²) in [7, 11) is 0. The molecule has 1 heterocycles. The number of nitrogens with zero attached hydrogens (tertiary/aromatic N) is 3. The zero-order chi connectivity index (χ0) is 26.6. The van der Waals surface area contributed by atoms with E-state index < -0.39 is 6.04 Å². The van der Waals surface area contributed by atoms with Crippen molar-refractivity contribution >= 4 is 16.8 Å². The fraction of sp³-hybridized carbons (Fsp3) is 0.182. The van der Waals surface area contributed by atoms with Gasteiger partial charge in [-0.25, -0.2) is 4.98 Å². The lowest BCUT2D eigenvalue weighted by Gasteiger charge is -2.31. The minimum atomic E-state index is -0.469. The third-order valence-corrected chi connectivity index (χ3v) is 7.01. The van der Waals surface area contributed by atoms with Crippen LogP contribution in [0.5, 0.6) is 0 Å². The largest absolute Gasteiger partial charge is 0.328 e. The Balaban J connectivity index is 1.68. The van der Waals surface area contributed by atoms with Gasteiger partial charge in [0.1, 0.15) is 5.82 Å². The first kappa shape index (κ1) is 25.2. The highest BCUT2D eigenvalue weighted by Crippen LogP contribution is 2.26. The van der Waals surface area contributed by atoms with Crippen LogP contribution in [0.15, 0.2) is 108 Å². The molecule has 0 radical (unpaired) electrons. The van der Waals surface area contributed by atoms with Gasteiger partial charge in [-0.3, -0.25) is 14.2 Å². The summed E-state index contributed by atoms with van der Waals surface area (Å²) in [4.78, 5) is 34.7. The SMILES string of the molecule is Cc1ccc(C)c(-n2c(C(C)N(CCc3ccccc3)C(=O)c3ccccc3)nc3ccccc3c2=O)c1. The van der Waals surface area contributed by atoms with Crippen molar-refractivity contribution in [3.8, 4) is 5.69 Å². The normalized spacial score (nSPS) is 11.9. The van der Waals surface area contributed by atoms with Gasteiger partial charge in [0.2, 0.25) is 0 Å². The molecule has 38 heavy (non-hydrogen) atoms. The van der Waals surface area contributed by atoms with Crippen LogP contribution in [0.1, 0.15) is 45.8 Å². The lowest BCUT2D eigenvalue weighted by atomic mass is 10.1. The minimum Gasteiger partial charge on any atom is -0.328 e. The van der Waals surface area contributed by atoms with Gasteiger partial charge in [0.15, 0.2) is 0 Å². The van der Waals surface area contributed by atoms with E-state index in [1.807, 2.05) is 117 Å². The lowest BCUT2D eigenvalue weighted by Crippen LogP contribution is -2.38. The van der Waals surface area contributed by atoms with Gasteiger partial charge in [0.25, 0.3) is 11.5 Å². The molecule has 5 heteroatoms. The fourth-order valence-electron chi connectivity index (χ4n) is 4.87. The average molecular weight is 502 g/mol. The standard InChI is InChI=1S/C33H31N3O2/c1-23-18-19-24(2)30(22-23)36-31(34-29-17-11-10-16-28(29)33(36)38)25(3)35(21-20-26-12-6-4-7-13-26)32(37)27-14-8-5-9-15-27/h4-19,22,25H,20-21H2,1-3H3. The van der Waals surface area contributed by atoms with Crippen LogP contribution in [-0.2, 0) is 6.42 Å². The zero-order valence-corrected chi connectivity index (χ0v) is 22.0. The number of benzene rings is 4. The maximum atomic E-state index is 14.0. The quantitative estimate of drug-likeness (QED) is 0.258. The number of amides is 1. The van der Waals surface area contributed by atoms with E-state index in [1.165, 1.54) is 0 Å². The first-order chi connectivity index (χ1) is 18.4. The highest BCUT2D eigenvalue weighted by atomic mass is 16.2. The first-order valence-electron chi connectivity index (χ1n) is 12.9. The Hall–Kier alpha value is -4.51. The van der Waals surface area contributed by atoms with Gasteiger partial charge >= 0.3 is 0 Å². The van der Waals surface area contributed by atoms with Crippen LogP contribution in [0.2, 0.25) is 0 Å². The van der Waals surface area contributed by atoms with E-state index in [0.29, 0.717) is 35.3 Å². The molecule has 0 aliphatic heterocycles. The van der Waals surface area contributed by atoms with Crippen LogP contribution in [0.4, 0.5) is 0 Å². The van der Waals surface area contributed by atoms with Crippen LogP contribution in [-0.4, -0.2) is 26.9 Å². The molecule has 0 N–H and O–H groups in total. The van der Waals surface area contributed by atoms with Crippen molar-refractivity contribution in [1.29, 1.82) is 0 Å². The predicted molar refractivity (Wildman–Crippen MR) is 153 cm³/mol. The molecule has 1 amide bonds. The maximum Gasteiger partial charge on any atom is 0.266 e. The van der Waals surface area contributed by atoms with Crippen molar-refractivity contribution in [2.45, 2.75) is 33.2 Å². The lowest BCUT2D eigenvalue weighted by molar-refractivity contribution is 0.0683. The van der Waals surface area contributed by atoms with E-state index in [9.17, 15) is 9.59 Å². The van der Waals surface area contributed by atoms with Gasteiger partial charge < -0.3 is 4.90 Å². The van der Waals surface area contributed by atoms with Crippen LogP contribution in [0.25, 0.3) is 16.6 Å². The minimum absolute atomic E-state index is 0.0936. The van der Waals surface area contributed by atoms with Gasteiger partial charge in [-0.05, 0) is 74.2 Å². The van der Waals surface area contributed by atoms with Crippen molar-refractivity contribution in [3.05, 3.63) is 142 Å². The first-order valence-corrected chi connectivity index (χ1v) is 12.9. The highest BCUT2D eigenvalue weighted by Gasteiger charge is 2.28. The summed E-state index contributed by atoms with van der Waals surface area (Å²) in [5.41, 5.74) is 5.03. The van der Waals surface area contributed by atoms with E-state index in [-0.39, 0.29) is 11.5 Å². The van der Waals surface area contributed by atoms with Crippen LogP contribution in [0, 0.1) is 13.8 Å². The second-order valence-corrected chi connectivity index (χ2v) is 9.69. The summed E-state index contributed by atoms with van der Waals surface area (Å²) in [5, 5.41) is 0.551. The van der Waals surface area contributed by atoms with Gasteiger partial charge in [0.05, 0.1) is 22.6 Å². The van der Waals surface area contributed by atoms with E-state index >= 15 is 0 Å². The monoisotopic (exact) mass is 501 g/mol. The Bertz CT molecular complexity index is 1640. The van der Waals surface area contributed by atoms with Crippen molar-refractivity contribution in [3.63, 3.8) is 0 Å². The van der Waals surface area contributed by atoms with Crippen LogP contribution < -0.4 is 5.56 Å². The molecule has 5 rings (SSSR count). The van der Waals surface area contributed by atoms with Gasteiger partial charge in [-0.1, -0.05) is 72.8 Å². The molecule has 1 atom stereocenters. The third-order valence-electron chi connectivity index (χ3n) is 7.01. The van der Waals surface area contributed by atoms with E-state index in [2.05, 4.69) is 12.1 Å². The maximum absolute atomic E-state index is 14.0. The fourth-order valence-corrected chi connectivity index (χ4v) is 4.87. The molecular weight excluding hydrogens is 470 g/mol. The number of aromatic nitrogens is 2. The Morgan fingerprint density at radius 2 is 1.53 bits per heavy atom. The number of carbonyl (C=O) groups is 1. The molecule has 0 bridgehead atoms. The van der Waals surface area contributed by atoms with E-state index in [4.69, 9.17) is 4.98 Å². The summed E-state index contributed by atoms with van der Waals surface area (Å²) >= 11 is 0. The van der Waals surface area contributed by atoms with Gasteiger partial charge in [0, 0.05) is 12.1 Å². The number of fused-ring (bicyclic) bond motifs is 1. The van der Waals surface area contributed by atoms with Crippen molar-refractivity contribution in [1.82, 2.24) is 14.5 Å². The molecule has 5 aromatic rings. The topological polar surface area (TPSA) is 55.2 Å². The van der Waals surface area contributed by atoms with E-state index in [1.54, 1.807) is 4.57 Å². The summed E-state index contributed by atoms with van der Waals surface area (Å²) < 4.78 is 1.70. The Labute approximate surface area is 223 Å². The summed E-state index contributed by atoms with van der Waals surface area (Å²) in [6, 6.07) is 32.4. The average Bonchev–Trinajstić information content (AvgIpc) is 2.95. The second-order valence-electron chi connectivity index (χ2n) is 9.69. The molecule has 0 saturated carbocycles. The third kappa shape index (κ3) is 5.00.